The molecule has 17 heavy (non-hydrogen) atoms. The molecule has 0 radical (unpaired) electrons. The quantitative estimate of drug-likeness (QED) is 0.849. The summed E-state index contributed by atoms with van der Waals surface area (Å²) in [7, 11) is 1.59. The van der Waals surface area contributed by atoms with Crippen LogP contribution in [0.2, 0.25) is 0 Å². The van der Waals surface area contributed by atoms with E-state index in [9.17, 15) is 5.11 Å². The molecule has 0 heterocycles. The first kappa shape index (κ1) is 11.5. The number of hydrogen-bond donors (Lipinski definition) is 1. The van der Waals surface area contributed by atoms with Crippen molar-refractivity contribution in [3.05, 3.63) is 47.5 Å². The van der Waals surface area contributed by atoms with E-state index in [0.29, 0.717) is 5.75 Å². The first-order valence-corrected chi connectivity index (χ1v) is 5.56. The van der Waals surface area contributed by atoms with Crippen LogP contribution in [-0.4, -0.2) is 12.2 Å². The fourth-order valence-corrected chi connectivity index (χ4v) is 1.98. The van der Waals surface area contributed by atoms with E-state index in [0.717, 1.165) is 16.7 Å². The van der Waals surface area contributed by atoms with Gasteiger partial charge in [0, 0.05) is 11.6 Å². The van der Waals surface area contributed by atoms with E-state index in [1.807, 2.05) is 31.2 Å². The Morgan fingerprint density at radius 3 is 2.24 bits per heavy atom. The average Bonchev–Trinajstić information content (AvgIpc) is 2.30. The summed E-state index contributed by atoms with van der Waals surface area (Å²) in [6.07, 6.45) is 0. The van der Waals surface area contributed by atoms with E-state index in [4.69, 9.17) is 4.74 Å². The molecule has 0 atom stereocenters. The summed E-state index contributed by atoms with van der Waals surface area (Å²) in [5.74, 6) is 0.910. The Balaban J connectivity index is 2.53. The van der Waals surface area contributed by atoms with Gasteiger partial charge in [-0.3, -0.25) is 0 Å². The van der Waals surface area contributed by atoms with Gasteiger partial charge in [0.1, 0.15) is 11.5 Å². The molecule has 2 rings (SSSR count). The van der Waals surface area contributed by atoms with Crippen molar-refractivity contribution >= 4 is 0 Å². The second kappa shape index (κ2) is 4.50. The molecule has 0 amide bonds. The molecular formula is C15H16O2. The van der Waals surface area contributed by atoms with Gasteiger partial charge in [0.05, 0.1) is 7.11 Å². The molecule has 1 N–H and O–H groups in total. The molecule has 2 aromatic rings. The molecule has 0 unspecified atom stereocenters. The highest BCUT2D eigenvalue weighted by molar-refractivity contribution is 5.74. The maximum atomic E-state index is 9.99. The number of hydrogen-bond acceptors (Lipinski definition) is 2. The summed E-state index contributed by atoms with van der Waals surface area (Å²) in [6, 6.07) is 11.6. The maximum absolute atomic E-state index is 9.99. The van der Waals surface area contributed by atoms with E-state index in [-0.39, 0.29) is 5.75 Å². The second-order valence-electron chi connectivity index (χ2n) is 4.20. The van der Waals surface area contributed by atoms with Crippen LogP contribution in [0.25, 0.3) is 11.1 Å². The minimum Gasteiger partial charge on any atom is -0.507 e. The number of benzene rings is 2. The number of aryl methyl sites for hydroxylation is 2. The number of phenolic OH excluding ortho intramolecular Hbond substituents is 1. The number of ether oxygens (including phenoxy) is 1. The van der Waals surface area contributed by atoms with E-state index in [1.165, 1.54) is 5.56 Å². The predicted molar refractivity (Wildman–Crippen MR) is 69.6 cm³/mol. The fourth-order valence-electron chi connectivity index (χ4n) is 1.98. The Morgan fingerprint density at radius 2 is 1.65 bits per heavy atom. The average molecular weight is 228 g/mol. The second-order valence-corrected chi connectivity index (χ2v) is 4.20. The van der Waals surface area contributed by atoms with Gasteiger partial charge in [-0.1, -0.05) is 23.8 Å². The summed E-state index contributed by atoms with van der Waals surface area (Å²) >= 11 is 0. The SMILES string of the molecule is COc1ccc(-c2ccc(C)cc2C)c(O)c1. The van der Waals surface area contributed by atoms with Crippen LogP contribution in [0.15, 0.2) is 36.4 Å². The third-order valence-corrected chi connectivity index (χ3v) is 2.88. The maximum Gasteiger partial charge on any atom is 0.127 e. The topological polar surface area (TPSA) is 29.5 Å². The molecule has 0 spiro atoms. The Hall–Kier alpha value is -1.96. The number of aromatic hydroxyl groups is 1. The molecule has 88 valence electrons. The van der Waals surface area contributed by atoms with Gasteiger partial charge in [-0.2, -0.15) is 0 Å². The minimum absolute atomic E-state index is 0.247. The van der Waals surface area contributed by atoms with Gasteiger partial charge in [-0.15, -0.1) is 0 Å². The van der Waals surface area contributed by atoms with Crippen molar-refractivity contribution in [1.29, 1.82) is 0 Å². The largest absolute Gasteiger partial charge is 0.507 e. The van der Waals surface area contributed by atoms with Crippen LogP contribution in [0.3, 0.4) is 0 Å². The van der Waals surface area contributed by atoms with Gasteiger partial charge >= 0.3 is 0 Å². The highest BCUT2D eigenvalue weighted by Gasteiger charge is 2.08. The molecule has 0 aliphatic carbocycles. The lowest BCUT2D eigenvalue weighted by Crippen LogP contribution is -1.87. The molecule has 0 aliphatic heterocycles. The van der Waals surface area contributed by atoms with Gasteiger partial charge in [0.15, 0.2) is 0 Å². The molecule has 0 aromatic heterocycles. The standard InChI is InChI=1S/C15H16O2/c1-10-4-6-13(11(2)8-10)14-7-5-12(17-3)9-15(14)16/h4-9,16H,1-3H3. The van der Waals surface area contributed by atoms with Crippen LogP contribution in [-0.2, 0) is 0 Å². The lowest BCUT2D eigenvalue weighted by molar-refractivity contribution is 0.408. The first-order chi connectivity index (χ1) is 8.11. The van der Waals surface area contributed by atoms with Crippen LogP contribution < -0.4 is 4.74 Å². The molecule has 2 aromatic carbocycles. The number of phenols is 1. The van der Waals surface area contributed by atoms with Crippen molar-refractivity contribution in [3.8, 4) is 22.6 Å². The molecule has 0 saturated heterocycles. The summed E-state index contributed by atoms with van der Waals surface area (Å²) in [6.45, 7) is 4.11. The highest BCUT2D eigenvalue weighted by Crippen LogP contribution is 2.34. The van der Waals surface area contributed by atoms with Crippen molar-refractivity contribution in [1.82, 2.24) is 0 Å². The van der Waals surface area contributed by atoms with Crippen LogP contribution in [0, 0.1) is 13.8 Å². The zero-order chi connectivity index (χ0) is 12.4. The monoisotopic (exact) mass is 228 g/mol. The van der Waals surface area contributed by atoms with Crippen LogP contribution in [0.1, 0.15) is 11.1 Å². The molecule has 0 saturated carbocycles. The number of methoxy groups -OCH3 is 1. The molecule has 0 fully saturated rings. The van der Waals surface area contributed by atoms with Crippen LogP contribution in [0.5, 0.6) is 11.5 Å². The minimum atomic E-state index is 0.247. The van der Waals surface area contributed by atoms with E-state index in [1.54, 1.807) is 13.2 Å². The lowest BCUT2D eigenvalue weighted by atomic mass is 9.98. The zero-order valence-corrected chi connectivity index (χ0v) is 10.3. The summed E-state index contributed by atoms with van der Waals surface area (Å²) in [5.41, 5.74) is 4.27. The van der Waals surface area contributed by atoms with Crippen LogP contribution in [0.4, 0.5) is 0 Å². The van der Waals surface area contributed by atoms with Gasteiger partial charge in [-0.05, 0) is 37.1 Å². The Bertz CT molecular complexity index is 545. The summed E-state index contributed by atoms with van der Waals surface area (Å²) in [4.78, 5) is 0. The van der Waals surface area contributed by atoms with Crippen molar-refractivity contribution in [3.63, 3.8) is 0 Å². The van der Waals surface area contributed by atoms with E-state index >= 15 is 0 Å². The van der Waals surface area contributed by atoms with E-state index < -0.39 is 0 Å². The predicted octanol–water partition coefficient (Wildman–Crippen LogP) is 3.68. The normalized spacial score (nSPS) is 10.3. The number of rotatable bonds is 2. The zero-order valence-electron chi connectivity index (χ0n) is 10.3. The summed E-state index contributed by atoms with van der Waals surface area (Å²) < 4.78 is 5.08. The Morgan fingerprint density at radius 1 is 0.941 bits per heavy atom. The third kappa shape index (κ3) is 2.26. The third-order valence-electron chi connectivity index (χ3n) is 2.88. The molecule has 0 aliphatic rings. The van der Waals surface area contributed by atoms with Gasteiger partial charge in [-0.25, -0.2) is 0 Å². The molecular weight excluding hydrogens is 212 g/mol. The Kier molecular flexibility index (Phi) is 3.05. The molecule has 0 bridgehead atoms. The molecule has 2 heteroatoms. The van der Waals surface area contributed by atoms with Crippen molar-refractivity contribution in [2.24, 2.45) is 0 Å². The van der Waals surface area contributed by atoms with Crippen molar-refractivity contribution in [2.75, 3.05) is 7.11 Å². The smallest absolute Gasteiger partial charge is 0.127 e. The highest BCUT2D eigenvalue weighted by atomic mass is 16.5. The fraction of sp³-hybridized carbons (Fsp3) is 0.200. The Labute approximate surface area is 101 Å². The molecule has 2 nitrogen and oxygen atoms in total. The van der Waals surface area contributed by atoms with Gasteiger partial charge < -0.3 is 9.84 Å². The van der Waals surface area contributed by atoms with Gasteiger partial charge in [0.25, 0.3) is 0 Å². The van der Waals surface area contributed by atoms with E-state index in [2.05, 4.69) is 13.0 Å². The van der Waals surface area contributed by atoms with Crippen molar-refractivity contribution in [2.45, 2.75) is 13.8 Å². The summed E-state index contributed by atoms with van der Waals surface area (Å²) in [5, 5.41) is 9.99. The van der Waals surface area contributed by atoms with Crippen molar-refractivity contribution < 1.29 is 9.84 Å². The lowest BCUT2D eigenvalue weighted by Gasteiger charge is -2.10. The van der Waals surface area contributed by atoms with Gasteiger partial charge in [0.2, 0.25) is 0 Å². The van der Waals surface area contributed by atoms with Crippen LogP contribution >= 0.6 is 0 Å². The first-order valence-electron chi connectivity index (χ1n) is 5.56.